The van der Waals surface area contributed by atoms with Crippen molar-refractivity contribution in [1.82, 2.24) is 19.6 Å². The van der Waals surface area contributed by atoms with Crippen LogP contribution in [0, 0.1) is 0 Å². The molecular formula is C8H8N4O. The molecule has 66 valence electrons. The molecule has 0 fully saturated rings. The molecule has 0 aliphatic rings. The molecule has 0 saturated heterocycles. The van der Waals surface area contributed by atoms with E-state index in [0.29, 0.717) is 5.56 Å². The summed E-state index contributed by atoms with van der Waals surface area (Å²) < 4.78 is 2.85. The summed E-state index contributed by atoms with van der Waals surface area (Å²) in [6.45, 7) is 0. The first-order valence-corrected chi connectivity index (χ1v) is 3.80. The van der Waals surface area contributed by atoms with Gasteiger partial charge in [0.05, 0.1) is 11.8 Å². The summed E-state index contributed by atoms with van der Waals surface area (Å²) in [5, 5.41) is 7.73. The van der Waals surface area contributed by atoms with Crippen molar-refractivity contribution in [2.75, 3.05) is 0 Å². The topological polar surface area (TPSA) is 52.7 Å². The molecule has 0 amide bonds. The van der Waals surface area contributed by atoms with E-state index in [1.165, 1.54) is 10.9 Å². The zero-order valence-corrected chi connectivity index (χ0v) is 7.08. The summed E-state index contributed by atoms with van der Waals surface area (Å²) in [7, 11) is 1.76. The van der Waals surface area contributed by atoms with E-state index in [9.17, 15) is 4.79 Å². The Balaban J connectivity index is 2.33. The van der Waals surface area contributed by atoms with E-state index in [4.69, 9.17) is 0 Å². The molecule has 0 atom stereocenters. The van der Waals surface area contributed by atoms with Crippen molar-refractivity contribution in [3.63, 3.8) is 0 Å². The summed E-state index contributed by atoms with van der Waals surface area (Å²) >= 11 is 0. The molecule has 2 aromatic rings. The second-order valence-electron chi connectivity index (χ2n) is 2.66. The average molecular weight is 176 g/mol. The summed E-state index contributed by atoms with van der Waals surface area (Å²) in [5.41, 5.74) is 0.534. The van der Waals surface area contributed by atoms with E-state index >= 15 is 0 Å². The quantitative estimate of drug-likeness (QED) is 0.628. The average Bonchev–Trinajstić information content (AvgIpc) is 2.72. The third-order valence-corrected chi connectivity index (χ3v) is 1.66. The second kappa shape index (κ2) is 2.85. The maximum Gasteiger partial charge on any atom is 0.281 e. The number of rotatable bonds is 1. The molecule has 2 aromatic heterocycles. The van der Waals surface area contributed by atoms with Gasteiger partial charge in [-0.15, -0.1) is 0 Å². The highest BCUT2D eigenvalue weighted by molar-refractivity contribution is 5.94. The first-order chi connectivity index (χ1) is 6.27. The summed E-state index contributed by atoms with van der Waals surface area (Å²) in [5.74, 6) is -0.168. The number of carbonyl (C=O) groups excluding carboxylic acids is 1. The summed E-state index contributed by atoms with van der Waals surface area (Å²) in [6.07, 6.45) is 6.34. The molecule has 0 aromatic carbocycles. The van der Waals surface area contributed by atoms with Crippen LogP contribution in [0.15, 0.2) is 30.9 Å². The van der Waals surface area contributed by atoms with Gasteiger partial charge < -0.3 is 0 Å². The molecule has 0 radical (unpaired) electrons. The summed E-state index contributed by atoms with van der Waals surface area (Å²) in [6, 6.07) is 1.70. The smallest absolute Gasteiger partial charge is 0.275 e. The Morgan fingerprint density at radius 3 is 2.85 bits per heavy atom. The molecular weight excluding hydrogens is 168 g/mol. The number of nitrogens with zero attached hydrogens (tertiary/aromatic N) is 4. The van der Waals surface area contributed by atoms with Crippen molar-refractivity contribution in [2.24, 2.45) is 7.05 Å². The lowest BCUT2D eigenvalue weighted by Crippen LogP contribution is -2.11. The Hall–Kier alpha value is -1.91. The predicted octanol–water partition coefficient (Wildman–Crippen LogP) is 0.305. The standard InChI is InChI=1S/C8H8N4O/c1-11-6-7(5-10-11)8(13)12-4-2-3-9-12/h2-6H,1H3. The van der Waals surface area contributed by atoms with E-state index in [1.54, 1.807) is 36.4 Å². The molecule has 0 spiro atoms. The van der Waals surface area contributed by atoms with Gasteiger partial charge in [0, 0.05) is 25.6 Å². The minimum atomic E-state index is -0.168. The second-order valence-corrected chi connectivity index (χ2v) is 2.66. The monoisotopic (exact) mass is 176 g/mol. The van der Waals surface area contributed by atoms with Crippen molar-refractivity contribution in [2.45, 2.75) is 0 Å². The van der Waals surface area contributed by atoms with Gasteiger partial charge in [-0.25, -0.2) is 4.68 Å². The van der Waals surface area contributed by atoms with E-state index in [1.807, 2.05) is 0 Å². The van der Waals surface area contributed by atoms with Gasteiger partial charge in [0.25, 0.3) is 5.91 Å². The number of carbonyl (C=O) groups is 1. The van der Waals surface area contributed by atoms with E-state index in [2.05, 4.69) is 10.2 Å². The lowest BCUT2D eigenvalue weighted by molar-refractivity contribution is 0.0945. The molecule has 0 N–H and O–H groups in total. The Morgan fingerprint density at radius 2 is 2.31 bits per heavy atom. The lowest BCUT2D eigenvalue weighted by Gasteiger charge is -1.94. The number of aromatic nitrogens is 4. The Kier molecular flexibility index (Phi) is 1.70. The lowest BCUT2D eigenvalue weighted by atomic mass is 10.3. The van der Waals surface area contributed by atoms with Gasteiger partial charge in [0.15, 0.2) is 0 Å². The summed E-state index contributed by atoms with van der Waals surface area (Å²) in [4.78, 5) is 11.6. The van der Waals surface area contributed by atoms with Crippen LogP contribution in [0.4, 0.5) is 0 Å². The Morgan fingerprint density at radius 1 is 1.46 bits per heavy atom. The highest BCUT2D eigenvalue weighted by Gasteiger charge is 2.09. The van der Waals surface area contributed by atoms with Gasteiger partial charge in [-0.2, -0.15) is 10.2 Å². The van der Waals surface area contributed by atoms with Gasteiger partial charge >= 0.3 is 0 Å². The molecule has 0 aliphatic carbocycles. The Labute approximate surface area is 74.6 Å². The highest BCUT2D eigenvalue weighted by Crippen LogP contribution is 1.99. The zero-order chi connectivity index (χ0) is 9.26. The molecule has 2 rings (SSSR count). The molecule has 13 heavy (non-hydrogen) atoms. The third-order valence-electron chi connectivity index (χ3n) is 1.66. The van der Waals surface area contributed by atoms with Crippen LogP contribution >= 0.6 is 0 Å². The van der Waals surface area contributed by atoms with Crippen LogP contribution in [-0.4, -0.2) is 25.5 Å². The fourth-order valence-corrected chi connectivity index (χ4v) is 1.05. The van der Waals surface area contributed by atoms with Crippen LogP contribution in [0.5, 0.6) is 0 Å². The van der Waals surface area contributed by atoms with E-state index < -0.39 is 0 Å². The first-order valence-electron chi connectivity index (χ1n) is 3.80. The van der Waals surface area contributed by atoms with Crippen molar-refractivity contribution < 1.29 is 4.79 Å². The third kappa shape index (κ3) is 1.35. The van der Waals surface area contributed by atoms with Crippen LogP contribution < -0.4 is 0 Å². The fraction of sp³-hybridized carbons (Fsp3) is 0.125. The predicted molar refractivity (Wildman–Crippen MR) is 45.2 cm³/mol. The van der Waals surface area contributed by atoms with Crippen LogP contribution in [0.25, 0.3) is 0 Å². The minimum absolute atomic E-state index is 0.168. The van der Waals surface area contributed by atoms with Crippen LogP contribution in [0.3, 0.4) is 0 Å². The molecule has 0 bridgehead atoms. The molecule has 5 nitrogen and oxygen atoms in total. The van der Waals surface area contributed by atoms with Gasteiger partial charge in [0.1, 0.15) is 0 Å². The molecule has 0 saturated carbocycles. The minimum Gasteiger partial charge on any atom is -0.275 e. The molecule has 5 heteroatoms. The normalized spacial score (nSPS) is 10.2. The molecule has 2 heterocycles. The van der Waals surface area contributed by atoms with Gasteiger partial charge in [-0.3, -0.25) is 9.48 Å². The van der Waals surface area contributed by atoms with Gasteiger partial charge in [-0.05, 0) is 6.07 Å². The van der Waals surface area contributed by atoms with Crippen molar-refractivity contribution >= 4 is 5.91 Å². The molecule has 0 unspecified atom stereocenters. The van der Waals surface area contributed by atoms with Gasteiger partial charge in [0.2, 0.25) is 0 Å². The first kappa shape index (κ1) is 7.72. The Bertz CT molecular complexity index is 415. The number of hydrogen-bond donors (Lipinski definition) is 0. The fourth-order valence-electron chi connectivity index (χ4n) is 1.05. The largest absolute Gasteiger partial charge is 0.281 e. The van der Waals surface area contributed by atoms with Crippen molar-refractivity contribution in [3.8, 4) is 0 Å². The van der Waals surface area contributed by atoms with Crippen molar-refractivity contribution in [1.29, 1.82) is 0 Å². The number of aryl methyl sites for hydroxylation is 1. The SMILES string of the molecule is Cn1cc(C(=O)n2cccn2)cn1. The van der Waals surface area contributed by atoms with Crippen LogP contribution in [0.1, 0.15) is 10.4 Å². The zero-order valence-electron chi connectivity index (χ0n) is 7.08. The number of hydrogen-bond acceptors (Lipinski definition) is 3. The molecule has 0 aliphatic heterocycles. The van der Waals surface area contributed by atoms with E-state index in [0.717, 1.165) is 0 Å². The van der Waals surface area contributed by atoms with Gasteiger partial charge in [-0.1, -0.05) is 0 Å². The maximum absolute atomic E-state index is 11.6. The highest BCUT2D eigenvalue weighted by atomic mass is 16.2. The maximum atomic E-state index is 11.6. The van der Waals surface area contributed by atoms with Crippen LogP contribution in [-0.2, 0) is 7.05 Å². The van der Waals surface area contributed by atoms with Crippen molar-refractivity contribution in [3.05, 3.63) is 36.4 Å². The van der Waals surface area contributed by atoms with Crippen LogP contribution in [0.2, 0.25) is 0 Å². The van der Waals surface area contributed by atoms with E-state index in [-0.39, 0.29) is 5.91 Å².